The van der Waals surface area contributed by atoms with Crippen LogP contribution in [-0.2, 0) is 0 Å². The van der Waals surface area contributed by atoms with Crippen LogP contribution in [0, 0.1) is 6.92 Å². The minimum absolute atomic E-state index is 0.128. The molecule has 3 aromatic rings. The maximum absolute atomic E-state index is 13.3. The van der Waals surface area contributed by atoms with E-state index in [-0.39, 0.29) is 5.91 Å². The van der Waals surface area contributed by atoms with Gasteiger partial charge < -0.3 is 15.1 Å². The van der Waals surface area contributed by atoms with Crippen LogP contribution in [0.15, 0.2) is 60.8 Å². The smallest absolute Gasteiger partial charge is 0.256 e. The first-order chi connectivity index (χ1) is 16.1. The van der Waals surface area contributed by atoms with E-state index in [2.05, 4.69) is 59.2 Å². The third kappa shape index (κ3) is 5.40. The quantitative estimate of drug-likeness (QED) is 0.541. The zero-order valence-corrected chi connectivity index (χ0v) is 19.8. The average molecular weight is 444 g/mol. The second-order valence-corrected chi connectivity index (χ2v) is 8.70. The normalized spacial score (nSPS) is 16.0. The minimum Gasteiger partial charge on any atom is -0.352 e. The monoisotopic (exact) mass is 443 g/mol. The number of aryl methyl sites for hydroxylation is 1. The molecular formula is C27H33N5O. The molecule has 0 saturated carbocycles. The lowest BCUT2D eigenvalue weighted by atomic mass is 10.1. The van der Waals surface area contributed by atoms with Gasteiger partial charge in [0.2, 0.25) is 0 Å². The average Bonchev–Trinajstić information content (AvgIpc) is 3.24. The summed E-state index contributed by atoms with van der Waals surface area (Å²) in [5, 5.41) is 3.12. The molecule has 0 aliphatic carbocycles. The molecule has 0 spiro atoms. The minimum atomic E-state index is -0.128. The van der Waals surface area contributed by atoms with E-state index in [4.69, 9.17) is 4.98 Å². The van der Waals surface area contributed by atoms with Crippen molar-refractivity contribution in [1.29, 1.82) is 0 Å². The van der Waals surface area contributed by atoms with Crippen LogP contribution in [0.2, 0.25) is 0 Å². The van der Waals surface area contributed by atoms with E-state index in [1.165, 1.54) is 12.8 Å². The Balaban J connectivity index is 1.64. The Morgan fingerprint density at radius 1 is 1.18 bits per heavy atom. The highest BCUT2D eigenvalue weighted by Gasteiger charge is 2.23. The van der Waals surface area contributed by atoms with Gasteiger partial charge in [-0.25, -0.2) is 9.97 Å². The van der Waals surface area contributed by atoms with Crippen LogP contribution in [0.3, 0.4) is 0 Å². The first kappa shape index (κ1) is 22.9. The molecule has 172 valence electrons. The fraction of sp³-hybridized carbons (Fsp3) is 0.370. The molecule has 1 aliphatic rings. The molecule has 0 bridgehead atoms. The van der Waals surface area contributed by atoms with Gasteiger partial charge in [-0.15, -0.1) is 0 Å². The molecule has 1 atom stereocenters. The maximum Gasteiger partial charge on any atom is 0.256 e. The zero-order valence-electron chi connectivity index (χ0n) is 19.8. The molecule has 1 N–H and O–H groups in total. The van der Waals surface area contributed by atoms with Gasteiger partial charge in [0.15, 0.2) is 5.82 Å². The van der Waals surface area contributed by atoms with Crippen molar-refractivity contribution in [2.24, 2.45) is 0 Å². The van der Waals surface area contributed by atoms with Crippen LogP contribution < -0.4 is 10.2 Å². The van der Waals surface area contributed by atoms with Crippen molar-refractivity contribution in [1.82, 2.24) is 20.2 Å². The van der Waals surface area contributed by atoms with E-state index < -0.39 is 0 Å². The molecule has 6 heteroatoms. The number of likely N-dealkylation sites (tertiary alicyclic amines) is 1. The molecule has 1 aromatic heterocycles. The Labute approximate surface area is 196 Å². The molecule has 6 nitrogen and oxygen atoms in total. The summed E-state index contributed by atoms with van der Waals surface area (Å²) >= 11 is 0. The predicted molar refractivity (Wildman–Crippen MR) is 134 cm³/mol. The third-order valence-electron chi connectivity index (χ3n) is 6.37. The van der Waals surface area contributed by atoms with Crippen LogP contribution in [0.25, 0.3) is 11.4 Å². The van der Waals surface area contributed by atoms with E-state index >= 15 is 0 Å². The summed E-state index contributed by atoms with van der Waals surface area (Å²) in [5.41, 5.74) is 3.60. The van der Waals surface area contributed by atoms with Crippen LogP contribution in [0.5, 0.6) is 0 Å². The number of rotatable bonds is 8. The first-order valence-electron chi connectivity index (χ1n) is 11.8. The van der Waals surface area contributed by atoms with E-state index in [9.17, 15) is 4.79 Å². The Hall–Kier alpha value is -3.25. The summed E-state index contributed by atoms with van der Waals surface area (Å²) in [4.78, 5) is 27.2. The molecule has 1 saturated heterocycles. The van der Waals surface area contributed by atoms with E-state index in [0.29, 0.717) is 36.3 Å². The molecule has 1 amide bonds. The Morgan fingerprint density at radius 2 is 2.00 bits per heavy atom. The molecule has 1 fully saturated rings. The molecule has 0 radical (unpaired) electrons. The van der Waals surface area contributed by atoms with Gasteiger partial charge in [-0.2, -0.15) is 0 Å². The number of hydrogen-bond donors (Lipinski definition) is 1. The lowest BCUT2D eigenvalue weighted by molar-refractivity contribution is 0.0950. The largest absolute Gasteiger partial charge is 0.352 e. The van der Waals surface area contributed by atoms with Crippen molar-refractivity contribution in [2.45, 2.75) is 39.2 Å². The summed E-state index contributed by atoms with van der Waals surface area (Å²) < 4.78 is 0. The molecule has 1 aliphatic heterocycles. The van der Waals surface area contributed by atoms with Gasteiger partial charge in [0.25, 0.3) is 5.91 Å². The first-order valence-corrected chi connectivity index (χ1v) is 11.8. The summed E-state index contributed by atoms with van der Waals surface area (Å²) in [6.45, 7) is 6.61. The summed E-state index contributed by atoms with van der Waals surface area (Å²) in [7, 11) is 2.16. The number of carbonyl (C=O) groups excluding carboxylic acids is 1. The summed E-state index contributed by atoms with van der Waals surface area (Å²) in [6, 6.07) is 18.7. The molecule has 2 heterocycles. The van der Waals surface area contributed by atoms with Crippen molar-refractivity contribution < 1.29 is 4.79 Å². The Kier molecular flexibility index (Phi) is 7.35. The number of benzene rings is 2. The molecule has 33 heavy (non-hydrogen) atoms. The van der Waals surface area contributed by atoms with Crippen molar-refractivity contribution in [3.63, 3.8) is 0 Å². The van der Waals surface area contributed by atoms with Crippen molar-refractivity contribution >= 4 is 17.4 Å². The van der Waals surface area contributed by atoms with Crippen molar-refractivity contribution in [3.05, 3.63) is 71.9 Å². The molecule has 0 unspecified atom stereocenters. The Morgan fingerprint density at radius 3 is 2.70 bits per heavy atom. The summed E-state index contributed by atoms with van der Waals surface area (Å²) in [6.07, 6.45) is 5.05. The second kappa shape index (κ2) is 10.6. The van der Waals surface area contributed by atoms with Gasteiger partial charge >= 0.3 is 0 Å². The molecule has 2 aromatic carbocycles. The number of aromatic nitrogens is 2. The highest BCUT2D eigenvalue weighted by Crippen LogP contribution is 2.29. The number of hydrogen-bond acceptors (Lipinski definition) is 5. The number of nitrogens with one attached hydrogen (secondary N) is 1. The van der Waals surface area contributed by atoms with Gasteiger partial charge in [0.1, 0.15) is 11.4 Å². The third-order valence-corrected chi connectivity index (χ3v) is 6.37. The van der Waals surface area contributed by atoms with Gasteiger partial charge in [0, 0.05) is 36.6 Å². The number of anilines is 2. The fourth-order valence-corrected chi connectivity index (χ4v) is 4.51. The predicted octanol–water partition coefficient (Wildman–Crippen LogP) is 4.82. The standard InChI is InChI=1S/C27H33N5O/c1-4-32(23-13-8-10-20(2)18-23)26-24(19-29-25(30-26)21-11-6-5-7-12-21)27(33)28-16-15-22-14-9-17-31(22)3/h5-8,10-13,18-19,22H,4,9,14-17H2,1-3H3,(H,28,33)/t22-/m0/s1. The Bertz CT molecular complexity index is 1080. The highest BCUT2D eigenvalue weighted by molar-refractivity contribution is 5.99. The van der Waals surface area contributed by atoms with Crippen LogP contribution in [0.4, 0.5) is 11.5 Å². The number of amides is 1. The van der Waals surface area contributed by atoms with Gasteiger partial charge in [-0.3, -0.25) is 4.79 Å². The number of nitrogens with zero attached hydrogens (tertiary/aromatic N) is 4. The van der Waals surface area contributed by atoms with Crippen molar-refractivity contribution in [3.8, 4) is 11.4 Å². The SMILES string of the molecule is CCN(c1cccc(C)c1)c1nc(-c2ccccc2)ncc1C(=O)NCC[C@@H]1CCCN1C. The lowest BCUT2D eigenvalue weighted by Crippen LogP contribution is -2.33. The van der Waals surface area contributed by atoms with E-state index in [1.54, 1.807) is 6.20 Å². The van der Waals surface area contributed by atoms with Crippen LogP contribution >= 0.6 is 0 Å². The van der Waals surface area contributed by atoms with E-state index in [0.717, 1.165) is 29.8 Å². The molecule has 4 rings (SSSR count). The van der Waals surface area contributed by atoms with Gasteiger partial charge in [-0.05, 0) is 64.4 Å². The van der Waals surface area contributed by atoms with Crippen LogP contribution in [0.1, 0.15) is 42.1 Å². The van der Waals surface area contributed by atoms with Gasteiger partial charge in [-0.1, -0.05) is 42.5 Å². The van der Waals surface area contributed by atoms with Gasteiger partial charge in [0.05, 0.1) is 0 Å². The summed E-state index contributed by atoms with van der Waals surface area (Å²) in [5.74, 6) is 1.12. The lowest BCUT2D eigenvalue weighted by Gasteiger charge is -2.25. The topological polar surface area (TPSA) is 61.4 Å². The fourth-order valence-electron chi connectivity index (χ4n) is 4.51. The number of carbonyl (C=O) groups is 1. The zero-order chi connectivity index (χ0) is 23.2. The van der Waals surface area contributed by atoms with Crippen LogP contribution in [-0.4, -0.2) is 53.5 Å². The maximum atomic E-state index is 13.3. The molecular weight excluding hydrogens is 410 g/mol. The van der Waals surface area contributed by atoms with Crippen molar-refractivity contribution in [2.75, 3.05) is 31.6 Å². The second-order valence-electron chi connectivity index (χ2n) is 8.70. The van der Waals surface area contributed by atoms with E-state index in [1.807, 2.05) is 36.4 Å². The highest BCUT2D eigenvalue weighted by atomic mass is 16.1.